The predicted molar refractivity (Wildman–Crippen MR) is 71.9 cm³/mol. The molecular weight excluding hydrogens is 244 g/mol. The van der Waals surface area contributed by atoms with E-state index < -0.39 is 12.0 Å². The third-order valence-corrected chi connectivity index (χ3v) is 4.39. The number of rotatable bonds is 8. The molecule has 2 saturated carbocycles. The van der Waals surface area contributed by atoms with Gasteiger partial charge in [0.25, 0.3) is 0 Å². The highest BCUT2D eigenvalue weighted by Gasteiger charge is 2.53. The van der Waals surface area contributed by atoms with Gasteiger partial charge in [0.2, 0.25) is 0 Å². The summed E-state index contributed by atoms with van der Waals surface area (Å²) in [6, 6.07) is -1.11. The van der Waals surface area contributed by atoms with E-state index in [2.05, 4.69) is 10.6 Å². The maximum atomic E-state index is 11.8. The topological polar surface area (TPSA) is 78.4 Å². The first-order valence-electron chi connectivity index (χ1n) is 7.34. The van der Waals surface area contributed by atoms with E-state index >= 15 is 0 Å². The Morgan fingerprint density at radius 2 is 2.05 bits per heavy atom. The molecule has 0 aromatic heterocycles. The largest absolute Gasteiger partial charge is 0.480 e. The molecule has 0 unspecified atom stereocenters. The van der Waals surface area contributed by atoms with Crippen LogP contribution in [0.25, 0.3) is 0 Å². The molecule has 0 heterocycles. The summed E-state index contributed by atoms with van der Waals surface area (Å²) in [4.78, 5) is 22.8. The van der Waals surface area contributed by atoms with Gasteiger partial charge in [-0.15, -0.1) is 0 Å². The Bertz CT molecular complexity index is 349. The first kappa shape index (κ1) is 14.2. The van der Waals surface area contributed by atoms with E-state index in [0.717, 1.165) is 18.8 Å². The van der Waals surface area contributed by atoms with Gasteiger partial charge in [0, 0.05) is 6.54 Å². The second kappa shape index (κ2) is 5.80. The van der Waals surface area contributed by atoms with Crippen LogP contribution in [0.3, 0.4) is 0 Å². The number of aliphatic carboxylic acids is 1. The number of unbranched alkanes of at least 4 members (excludes halogenated alkanes) is 1. The third kappa shape index (κ3) is 3.85. The lowest BCUT2D eigenvalue weighted by atomic mass is 10.0. The number of amides is 2. The van der Waals surface area contributed by atoms with E-state index in [1.54, 1.807) is 0 Å². The van der Waals surface area contributed by atoms with Gasteiger partial charge >= 0.3 is 12.0 Å². The van der Waals surface area contributed by atoms with Crippen molar-refractivity contribution in [2.45, 2.75) is 57.9 Å². The number of carboxylic acid groups (broad SMARTS) is 1. The zero-order valence-electron chi connectivity index (χ0n) is 11.6. The number of carbonyl (C=O) groups is 2. The summed E-state index contributed by atoms with van der Waals surface area (Å²) in [6.45, 7) is 2.70. The molecule has 0 saturated heterocycles. The van der Waals surface area contributed by atoms with E-state index in [1.807, 2.05) is 6.92 Å². The van der Waals surface area contributed by atoms with Crippen LogP contribution >= 0.6 is 0 Å². The van der Waals surface area contributed by atoms with Crippen molar-refractivity contribution < 1.29 is 14.7 Å². The number of nitrogens with one attached hydrogen (secondary N) is 2. The maximum Gasteiger partial charge on any atom is 0.326 e. The normalized spacial score (nSPS) is 21.5. The van der Waals surface area contributed by atoms with Crippen LogP contribution in [0.2, 0.25) is 0 Å². The lowest BCUT2D eigenvalue weighted by molar-refractivity contribution is -0.139. The fourth-order valence-electron chi connectivity index (χ4n) is 2.72. The molecule has 3 N–H and O–H groups in total. The molecule has 0 spiro atoms. The molecule has 5 nitrogen and oxygen atoms in total. The van der Waals surface area contributed by atoms with Crippen LogP contribution in [-0.2, 0) is 4.79 Å². The van der Waals surface area contributed by atoms with Crippen LogP contribution in [0.5, 0.6) is 0 Å². The lowest BCUT2D eigenvalue weighted by Crippen LogP contribution is -2.47. The molecule has 2 rings (SSSR count). The first-order valence-corrected chi connectivity index (χ1v) is 7.34. The van der Waals surface area contributed by atoms with Crippen molar-refractivity contribution in [3.05, 3.63) is 0 Å². The van der Waals surface area contributed by atoms with Crippen LogP contribution in [0.15, 0.2) is 0 Å². The van der Waals surface area contributed by atoms with Crippen molar-refractivity contribution in [2.75, 3.05) is 6.54 Å². The fraction of sp³-hybridized carbons (Fsp3) is 0.857. The SMILES string of the molecule is CCCC[C@H](NC(=O)NCC1(C2CC2)CC1)C(=O)O. The van der Waals surface area contributed by atoms with E-state index in [4.69, 9.17) is 5.11 Å². The molecule has 2 amide bonds. The highest BCUT2D eigenvalue weighted by Crippen LogP contribution is 2.60. The van der Waals surface area contributed by atoms with Gasteiger partial charge in [0.05, 0.1) is 0 Å². The van der Waals surface area contributed by atoms with E-state index in [-0.39, 0.29) is 6.03 Å². The molecule has 0 radical (unpaired) electrons. The second-order valence-corrected chi connectivity index (χ2v) is 6.00. The number of hydrogen-bond acceptors (Lipinski definition) is 2. The number of urea groups is 1. The van der Waals surface area contributed by atoms with Crippen molar-refractivity contribution >= 4 is 12.0 Å². The third-order valence-electron chi connectivity index (χ3n) is 4.39. The molecule has 0 bridgehead atoms. The van der Waals surface area contributed by atoms with Crippen molar-refractivity contribution in [3.8, 4) is 0 Å². The molecule has 1 atom stereocenters. The molecule has 19 heavy (non-hydrogen) atoms. The molecule has 0 aliphatic heterocycles. The quantitative estimate of drug-likeness (QED) is 0.631. The Kier molecular flexibility index (Phi) is 4.32. The summed E-state index contributed by atoms with van der Waals surface area (Å²) in [5.74, 6) is -0.157. The molecule has 2 fully saturated rings. The Labute approximate surface area is 114 Å². The van der Waals surface area contributed by atoms with Crippen LogP contribution in [0.1, 0.15) is 51.9 Å². The average Bonchev–Trinajstić information content (AvgIpc) is 3.24. The summed E-state index contributed by atoms with van der Waals surface area (Å²) in [7, 11) is 0. The van der Waals surface area contributed by atoms with Crippen LogP contribution in [0.4, 0.5) is 4.79 Å². The van der Waals surface area contributed by atoms with E-state index in [9.17, 15) is 9.59 Å². The minimum absolute atomic E-state index is 0.338. The van der Waals surface area contributed by atoms with Gasteiger partial charge in [-0.2, -0.15) is 0 Å². The van der Waals surface area contributed by atoms with Crippen molar-refractivity contribution in [2.24, 2.45) is 11.3 Å². The molecule has 5 heteroatoms. The van der Waals surface area contributed by atoms with Crippen LogP contribution < -0.4 is 10.6 Å². The summed E-state index contributed by atoms with van der Waals surface area (Å²) < 4.78 is 0. The summed E-state index contributed by atoms with van der Waals surface area (Å²) in [6.07, 6.45) is 7.22. The Balaban J connectivity index is 1.71. The van der Waals surface area contributed by atoms with Gasteiger partial charge in [-0.3, -0.25) is 0 Å². The maximum absolute atomic E-state index is 11.8. The summed E-state index contributed by atoms with van der Waals surface area (Å²) >= 11 is 0. The first-order chi connectivity index (χ1) is 9.07. The van der Waals surface area contributed by atoms with E-state index in [0.29, 0.717) is 18.4 Å². The average molecular weight is 268 g/mol. The number of hydrogen-bond donors (Lipinski definition) is 3. The lowest BCUT2D eigenvalue weighted by Gasteiger charge is -2.18. The minimum atomic E-state index is -0.952. The molecule has 108 valence electrons. The number of carboxylic acids is 1. The van der Waals surface area contributed by atoms with Crippen molar-refractivity contribution in [1.29, 1.82) is 0 Å². The van der Waals surface area contributed by atoms with Gasteiger partial charge in [-0.25, -0.2) is 9.59 Å². The Morgan fingerprint density at radius 1 is 1.37 bits per heavy atom. The highest BCUT2D eigenvalue weighted by atomic mass is 16.4. The molecular formula is C14H24N2O3. The fourth-order valence-corrected chi connectivity index (χ4v) is 2.72. The standard InChI is InChI=1S/C14H24N2O3/c1-2-3-4-11(12(17)18)16-13(19)15-9-14(7-8-14)10-5-6-10/h10-11H,2-9H2,1H3,(H,17,18)(H2,15,16,19)/t11-/m0/s1. The number of carbonyl (C=O) groups excluding carboxylic acids is 1. The monoisotopic (exact) mass is 268 g/mol. The van der Waals surface area contributed by atoms with Crippen LogP contribution in [0, 0.1) is 11.3 Å². The van der Waals surface area contributed by atoms with Gasteiger partial charge in [0.1, 0.15) is 6.04 Å². The smallest absolute Gasteiger partial charge is 0.326 e. The molecule has 2 aliphatic carbocycles. The van der Waals surface area contributed by atoms with Crippen molar-refractivity contribution in [1.82, 2.24) is 10.6 Å². The zero-order valence-corrected chi connectivity index (χ0v) is 11.6. The zero-order chi connectivity index (χ0) is 13.9. The summed E-state index contributed by atoms with van der Waals surface area (Å²) in [5.41, 5.74) is 0.347. The van der Waals surface area contributed by atoms with E-state index in [1.165, 1.54) is 25.7 Å². The molecule has 0 aromatic rings. The van der Waals surface area contributed by atoms with Gasteiger partial charge < -0.3 is 15.7 Å². The Hall–Kier alpha value is -1.26. The van der Waals surface area contributed by atoms with Crippen molar-refractivity contribution in [3.63, 3.8) is 0 Å². The predicted octanol–water partition coefficient (Wildman–Crippen LogP) is 2.12. The van der Waals surface area contributed by atoms with Gasteiger partial charge in [-0.05, 0) is 43.4 Å². The van der Waals surface area contributed by atoms with Gasteiger partial charge in [-0.1, -0.05) is 19.8 Å². The second-order valence-electron chi connectivity index (χ2n) is 6.00. The molecule has 2 aliphatic rings. The molecule has 0 aromatic carbocycles. The van der Waals surface area contributed by atoms with Crippen LogP contribution in [-0.4, -0.2) is 29.7 Å². The Morgan fingerprint density at radius 3 is 2.53 bits per heavy atom. The highest BCUT2D eigenvalue weighted by molar-refractivity contribution is 5.82. The minimum Gasteiger partial charge on any atom is -0.480 e. The van der Waals surface area contributed by atoms with Gasteiger partial charge in [0.15, 0.2) is 0 Å². The summed E-state index contributed by atoms with van der Waals surface area (Å²) in [5, 5.41) is 14.5.